The molecule has 18 heavy (non-hydrogen) atoms. The summed E-state index contributed by atoms with van der Waals surface area (Å²) in [4.78, 5) is 2.51. The zero-order valence-corrected chi connectivity index (χ0v) is 13.5. The first-order chi connectivity index (χ1) is 8.38. The molecule has 1 aliphatic heterocycles. The van der Waals surface area contributed by atoms with Gasteiger partial charge in [0.1, 0.15) is 0 Å². The average molecular weight is 333 g/mol. The van der Waals surface area contributed by atoms with Gasteiger partial charge in [-0.2, -0.15) is 0 Å². The summed E-state index contributed by atoms with van der Waals surface area (Å²) >= 11 is 0.00176. The zero-order chi connectivity index (χ0) is 11.9. The van der Waals surface area contributed by atoms with Crippen molar-refractivity contribution in [2.24, 2.45) is 5.73 Å². The molecule has 1 atom stereocenters. The molecule has 0 amide bonds. The van der Waals surface area contributed by atoms with Gasteiger partial charge in [-0.1, -0.05) is 0 Å². The summed E-state index contributed by atoms with van der Waals surface area (Å²) in [5, 5.41) is 1.34. The molecule has 0 saturated carbocycles. The number of halogens is 1. The summed E-state index contributed by atoms with van der Waals surface area (Å²) in [6, 6.07) is 8.77. The van der Waals surface area contributed by atoms with Crippen LogP contribution in [0.25, 0.3) is 0 Å². The van der Waals surface area contributed by atoms with Crippen LogP contribution in [0.5, 0.6) is 0 Å². The van der Waals surface area contributed by atoms with Gasteiger partial charge < -0.3 is 0 Å². The van der Waals surface area contributed by atoms with Crippen LogP contribution in [0, 0.1) is 0 Å². The van der Waals surface area contributed by atoms with E-state index >= 15 is 0 Å². The van der Waals surface area contributed by atoms with Crippen molar-refractivity contribution in [1.82, 2.24) is 4.90 Å². The minimum absolute atomic E-state index is 0. The standard InChI is InChI=1S/C13H21AsN2O.ClH/c15-11-12-2-1-3-13(10-12)14-4-5-16-6-8-17-9-7-16;/h1-3,10,14H,4-9,11,15H2;1H. The molecule has 2 N–H and O–H groups in total. The number of ether oxygens (including phenoxy) is 1. The van der Waals surface area contributed by atoms with E-state index in [2.05, 4.69) is 29.2 Å². The number of hydrogen-bond acceptors (Lipinski definition) is 3. The minimum atomic E-state index is 0. The summed E-state index contributed by atoms with van der Waals surface area (Å²) in [5.74, 6) is 0. The molecule has 5 heteroatoms. The molecule has 2 rings (SSSR count). The molecule has 1 aromatic rings. The van der Waals surface area contributed by atoms with Crippen LogP contribution in [0.15, 0.2) is 24.3 Å². The molecule has 1 saturated heterocycles. The molecule has 0 aromatic heterocycles. The maximum absolute atomic E-state index is 5.66. The molecular weight excluding hydrogens is 311 g/mol. The van der Waals surface area contributed by atoms with E-state index in [0.717, 1.165) is 26.3 Å². The van der Waals surface area contributed by atoms with Crippen molar-refractivity contribution in [1.29, 1.82) is 0 Å². The Morgan fingerprint density at radius 1 is 1.28 bits per heavy atom. The second-order valence-corrected chi connectivity index (χ2v) is 7.29. The van der Waals surface area contributed by atoms with Crippen LogP contribution >= 0.6 is 12.4 Å². The van der Waals surface area contributed by atoms with Gasteiger partial charge in [-0.25, -0.2) is 0 Å². The van der Waals surface area contributed by atoms with Crippen molar-refractivity contribution in [2.75, 3.05) is 32.8 Å². The third kappa shape index (κ3) is 5.29. The second kappa shape index (κ2) is 8.95. The maximum atomic E-state index is 5.66. The molecule has 1 unspecified atom stereocenters. The van der Waals surface area contributed by atoms with E-state index in [0.29, 0.717) is 6.54 Å². The van der Waals surface area contributed by atoms with Crippen molar-refractivity contribution >= 4 is 32.5 Å². The van der Waals surface area contributed by atoms with Crippen LogP contribution in [0.3, 0.4) is 0 Å². The van der Waals surface area contributed by atoms with Crippen LogP contribution in [0.2, 0.25) is 5.21 Å². The number of rotatable bonds is 5. The van der Waals surface area contributed by atoms with Crippen LogP contribution in [-0.4, -0.2) is 53.5 Å². The first-order valence-corrected chi connectivity index (χ1v) is 8.75. The predicted molar refractivity (Wildman–Crippen MR) is 80.4 cm³/mol. The van der Waals surface area contributed by atoms with Gasteiger partial charge in [-0.3, -0.25) is 0 Å². The van der Waals surface area contributed by atoms with Gasteiger partial charge in [-0.15, -0.1) is 12.4 Å². The van der Waals surface area contributed by atoms with E-state index in [1.165, 1.54) is 21.7 Å². The number of nitrogens with zero attached hydrogens (tertiary/aromatic N) is 1. The molecular formula is C13H22AsClN2O. The Hall–Kier alpha value is -0.0516. The monoisotopic (exact) mass is 332 g/mol. The van der Waals surface area contributed by atoms with Crippen LogP contribution in [0.1, 0.15) is 5.56 Å². The average Bonchev–Trinajstić information content (AvgIpc) is 2.40. The Labute approximate surface area is 122 Å². The van der Waals surface area contributed by atoms with Crippen molar-refractivity contribution in [3.05, 3.63) is 29.8 Å². The summed E-state index contributed by atoms with van der Waals surface area (Å²) in [7, 11) is 0. The molecule has 0 radical (unpaired) electrons. The van der Waals surface area contributed by atoms with Gasteiger partial charge in [-0.05, 0) is 0 Å². The number of morpholine rings is 1. The number of nitrogens with two attached hydrogens (primary N) is 1. The molecule has 102 valence electrons. The number of benzene rings is 1. The molecule has 1 fully saturated rings. The molecule has 3 nitrogen and oxygen atoms in total. The van der Waals surface area contributed by atoms with Gasteiger partial charge in [0.05, 0.1) is 0 Å². The molecule has 0 aliphatic carbocycles. The number of hydrogen-bond donors (Lipinski definition) is 1. The van der Waals surface area contributed by atoms with E-state index in [1.54, 1.807) is 0 Å². The Morgan fingerprint density at radius 2 is 2.06 bits per heavy atom. The summed E-state index contributed by atoms with van der Waals surface area (Å²) in [5.41, 5.74) is 6.92. The summed E-state index contributed by atoms with van der Waals surface area (Å²) < 4.78 is 6.88. The molecule has 0 bridgehead atoms. The predicted octanol–water partition coefficient (Wildman–Crippen LogP) is 0.379. The third-order valence-electron chi connectivity index (χ3n) is 3.02. The second-order valence-electron chi connectivity index (χ2n) is 4.29. The fraction of sp³-hybridized carbons (Fsp3) is 0.538. The van der Waals surface area contributed by atoms with E-state index in [9.17, 15) is 0 Å². The van der Waals surface area contributed by atoms with Gasteiger partial charge in [0.25, 0.3) is 0 Å². The van der Waals surface area contributed by atoms with Gasteiger partial charge in [0, 0.05) is 0 Å². The van der Waals surface area contributed by atoms with E-state index in [-0.39, 0.29) is 28.2 Å². The topological polar surface area (TPSA) is 38.5 Å². The Kier molecular flexibility index (Phi) is 7.96. The first-order valence-electron chi connectivity index (χ1n) is 6.21. The fourth-order valence-corrected chi connectivity index (χ4v) is 4.55. The van der Waals surface area contributed by atoms with Gasteiger partial charge >= 0.3 is 110 Å². The molecule has 1 heterocycles. The third-order valence-corrected chi connectivity index (χ3v) is 5.53. The fourth-order valence-electron chi connectivity index (χ4n) is 1.99. The Balaban J connectivity index is 0.00000162. The molecule has 0 spiro atoms. The SMILES string of the molecule is Cl.NCc1cccc([AsH]CCN2CCOCC2)c1. The first kappa shape index (κ1) is 16.0. The molecule has 1 aromatic carbocycles. The normalized spacial score (nSPS) is 16.9. The van der Waals surface area contributed by atoms with Gasteiger partial charge in [0.15, 0.2) is 0 Å². The van der Waals surface area contributed by atoms with Crippen LogP contribution in [-0.2, 0) is 11.3 Å². The van der Waals surface area contributed by atoms with E-state index < -0.39 is 0 Å². The van der Waals surface area contributed by atoms with Gasteiger partial charge in [0.2, 0.25) is 0 Å². The van der Waals surface area contributed by atoms with Crippen LogP contribution < -0.4 is 10.1 Å². The summed E-state index contributed by atoms with van der Waals surface area (Å²) in [6.45, 7) is 5.91. The van der Waals surface area contributed by atoms with Crippen molar-refractivity contribution in [3.8, 4) is 0 Å². The van der Waals surface area contributed by atoms with E-state index in [4.69, 9.17) is 10.5 Å². The Bertz CT molecular complexity index is 346. The zero-order valence-electron chi connectivity index (χ0n) is 10.6. The molecule has 1 aliphatic rings. The Morgan fingerprint density at radius 3 is 2.78 bits per heavy atom. The van der Waals surface area contributed by atoms with E-state index in [1.807, 2.05) is 0 Å². The van der Waals surface area contributed by atoms with Crippen molar-refractivity contribution in [3.63, 3.8) is 0 Å². The van der Waals surface area contributed by atoms with Crippen molar-refractivity contribution < 1.29 is 4.74 Å². The quantitative estimate of drug-likeness (QED) is 0.792. The summed E-state index contributed by atoms with van der Waals surface area (Å²) in [6.07, 6.45) is 0. The van der Waals surface area contributed by atoms with Crippen LogP contribution in [0.4, 0.5) is 0 Å². The van der Waals surface area contributed by atoms with Crippen molar-refractivity contribution in [2.45, 2.75) is 11.8 Å².